The van der Waals surface area contributed by atoms with Gasteiger partial charge in [0, 0.05) is 10.9 Å². The Bertz CT molecular complexity index is 970. The van der Waals surface area contributed by atoms with E-state index >= 15 is 0 Å². The molecule has 0 saturated heterocycles. The molecule has 0 saturated carbocycles. The van der Waals surface area contributed by atoms with Crippen LogP contribution in [0, 0.1) is 6.92 Å². The lowest BCUT2D eigenvalue weighted by Gasteiger charge is -2.05. The third-order valence-electron chi connectivity index (χ3n) is 3.80. The van der Waals surface area contributed by atoms with Crippen LogP contribution in [-0.2, 0) is 0 Å². The van der Waals surface area contributed by atoms with Crippen LogP contribution in [-0.4, -0.2) is 22.3 Å². The number of fused-ring (bicyclic) bond motifs is 1. The van der Waals surface area contributed by atoms with E-state index in [0.29, 0.717) is 0 Å². The van der Waals surface area contributed by atoms with Gasteiger partial charge in [0.15, 0.2) is 0 Å². The molecule has 0 spiro atoms. The van der Waals surface area contributed by atoms with Gasteiger partial charge in [0.05, 0.1) is 34.4 Å². The summed E-state index contributed by atoms with van der Waals surface area (Å²) < 4.78 is 5.24. The second-order valence-corrected chi connectivity index (χ2v) is 6.51. The van der Waals surface area contributed by atoms with E-state index in [1.54, 1.807) is 18.4 Å². The second kappa shape index (κ2) is 5.52. The Labute approximate surface area is 137 Å². The van der Waals surface area contributed by atoms with Crippen LogP contribution < -0.4 is 4.74 Å². The summed E-state index contributed by atoms with van der Waals surface area (Å²) in [5, 5.41) is 9.24. The molecule has 4 aromatic rings. The number of nitrogens with zero attached hydrogens (tertiary/aromatic N) is 2. The van der Waals surface area contributed by atoms with E-state index < -0.39 is 0 Å². The molecule has 0 aliphatic heterocycles. The highest BCUT2D eigenvalue weighted by Gasteiger charge is 2.14. The molecule has 0 unspecified atom stereocenters. The van der Waals surface area contributed by atoms with Crippen LogP contribution in [0.5, 0.6) is 5.75 Å². The van der Waals surface area contributed by atoms with E-state index in [1.807, 2.05) is 37.4 Å². The lowest BCUT2D eigenvalue weighted by molar-refractivity contribution is 0.415. The van der Waals surface area contributed by atoms with Gasteiger partial charge in [0.1, 0.15) is 5.75 Å². The minimum atomic E-state index is 0.849. The normalized spacial score (nSPS) is 11.0. The zero-order valence-electron chi connectivity index (χ0n) is 12.8. The number of hydrogen-bond acceptors (Lipinski definition) is 4. The highest BCUT2D eigenvalue weighted by molar-refractivity contribution is 7.15. The van der Waals surface area contributed by atoms with Gasteiger partial charge in [0.25, 0.3) is 0 Å². The summed E-state index contributed by atoms with van der Waals surface area (Å²) in [6, 6.07) is 14.4. The van der Waals surface area contributed by atoms with Gasteiger partial charge in [0.2, 0.25) is 0 Å². The summed E-state index contributed by atoms with van der Waals surface area (Å²) in [6.45, 7) is 2.04. The van der Waals surface area contributed by atoms with E-state index in [0.717, 1.165) is 38.5 Å². The van der Waals surface area contributed by atoms with Crippen LogP contribution in [0.3, 0.4) is 0 Å². The average Bonchev–Trinajstić information content (AvgIpc) is 3.20. The number of thiazole rings is 1. The van der Waals surface area contributed by atoms with Crippen LogP contribution in [0.25, 0.3) is 32.6 Å². The van der Waals surface area contributed by atoms with Crippen molar-refractivity contribution in [1.82, 2.24) is 15.2 Å². The van der Waals surface area contributed by atoms with Gasteiger partial charge < -0.3 is 4.74 Å². The molecule has 5 heteroatoms. The van der Waals surface area contributed by atoms with Crippen molar-refractivity contribution in [3.63, 3.8) is 0 Å². The van der Waals surface area contributed by atoms with Gasteiger partial charge in [-0.15, -0.1) is 11.3 Å². The van der Waals surface area contributed by atoms with Crippen molar-refractivity contribution in [3.8, 4) is 27.4 Å². The molecule has 0 bridgehead atoms. The van der Waals surface area contributed by atoms with Crippen molar-refractivity contribution < 1.29 is 4.74 Å². The molecule has 114 valence electrons. The number of benzene rings is 2. The van der Waals surface area contributed by atoms with E-state index in [1.165, 1.54) is 4.88 Å². The van der Waals surface area contributed by atoms with Crippen molar-refractivity contribution in [3.05, 3.63) is 53.7 Å². The van der Waals surface area contributed by atoms with E-state index in [9.17, 15) is 0 Å². The minimum Gasteiger partial charge on any atom is -0.497 e. The third-order valence-corrected chi connectivity index (χ3v) is 4.82. The standard InChI is InChI=1S/C18H15N3OS/c1-11-20-17(12-3-6-15(22-2)7-4-12)18(23-11)13-5-8-16-14(9-13)10-19-21-16/h3-10H,1-2H3,(H,19,21). The van der Waals surface area contributed by atoms with E-state index in [4.69, 9.17) is 9.72 Å². The second-order valence-electron chi connectivity index (χ2n) is 5.31. The summed E-state index contributed by atoms with van der Waals surface area (Å²) in [5.74, 6) is 0.849. The maximum atomic E-state index is 5.24. The lowest BCUT2D eigenvalue weighted by Crippen LogP contribution is -1.85. The molecule has 2 aromatic carbocycles. The van der Waals surface area contributed by atoms with Crippen molar-refractivity contribution in [2.45, 2.75) is 6.92 Å². The van der Waals surface area contributed by atoms with Gasteiger partial charge in [-0.2, -0.15) is 5.10 Å². The van der Waals surface area contributed by atoms with Crippen LogP contribution in [0.1, 0.15) is 5.01 Å². The highest BCUT2D eigenvalue weighted by Crippen LogP contribution is 2.38. The Morgan fingerprint density at radius 1 is 1.04 bits per heavy atom. The maximum absolute atomic E-state index is 5.24. The fraction of sp³-hybridized carbons (Fsp3) is 0.111. The van der Waals surface area contributed by atoms with Crippen LogP contribution >= 0.6 is 11.3 Å². The number of nitrogens with one attached hydrogen (secondary N) is 1. The molecule has 2 aromatic heterocycles. The molecule has 2 heterocycles. The number of aromatic nitrogens is 3. The van der Waals surface area contributed by atoms with Crippen LogP contribution in [0.15, 0.2) is 48.7 Å². The van der Waals surface area contributed by atoms with Gasteiger partial charge >= 0.3 is 0 Å². The number of aromatic amines is 1. The molecule has 1 N–H and O–H groups in total. The third kappa shape index (κ3) is 2.49. The zero-order chi connectivity index (χ0) is 15.8. The van der Waals surface area contributed by atoms with Crippen LogP contribution in [0.4, 0.5) is 0 Å². The van der Waals surface area contributed by atoms with Gasteiger partial charge in [-0.25, -0.2) is 4.98 Å². The summed E-state index contributed by atoms with van der Waals surface area (Å²) in [6.07, 6.45) is 1.85. The Hall–Kier alpha value is -2.66. The molecule has 0 fully saturated rings. The first-order valence-electron chi connectivity index (χ1n) is 7.30. The van der Waals surface area contributed by atoms with E-state index in [2.05, 4.69) is 28.4 Å². The molecule has 23 heavy (non-hydrogen) atoms. The highest BCUT2D eigenvalue weighted by atomic mass is 32.1. The van der Waals surface area contributed by atoms with Crippen molar-refractivity contribution in [2.75, 3.05) is 7.11 Å². The Morgan fingerprint density at radius 3 is 2.61 bits per heavy atom. The van der Waals surface area contributed by atoms with Crippen molar-refractivity contribution in [1.29, 1.82) is 0 Å². The fourth-order valence-corrected chi connectivity index (χ4v) is 3.59. The first-order chi connectivity index (χ1) is 11.2. The summed E-state index contributed by atoms with van der Waals surface area (Å²) in [4.78, 5) is 5.91. The number of hydrogen-bond donors (Lipinski definition) is 1. The topological polar surface area (TPSA) is 50.8 Å². The number of H-pyrrole nitrogens is 1. The Balaban J connectivity index is 1.85. The Kier molecular flexibility index (Phi) is 3.35. The SMILES string of the molecule is COc1ccc(-c2nc(C)sc2-c2ccc3[nH]ncc3c2)cc1. The summed E-state index contributed by atoms with van der Waals surface area (Å²) in [7, 11) is 1.67. The maximum Gasteiger partial charge on any atom is 0.118 e. The molecular formula is C18H15N3OS. The lowest BCUT2D eigenvalue weighted by atomic mass is 10.1. The average molecular weight is 321 g/mol. The molecule has 4 nitrogen and oxygen atoms in total. The molecule has 0 amide bonds. The molecule has 0 aliphatic rings. The first kappa shape index (κ1) is 14.0. The van der Waals surface area contributed by atoms with Crippen molar-refractivity contribution in [2.24, 2.45) is 0 Å². The molecule has 0 atom stereocenters. The number of rotatable bonds is 3. The predicted molar refractivity (Wildman–Crippen MR) is 93.9 cm³/mol. The zero-order valence-corrected chi connectivity index (χ0v) is 13.6. The van der Waals surface area contributed by atoms with Gasteiger partial charge in [-0.3, -0.25) is 5.10 Å². The van der Waals surface area contributed by atoms with Crippen molar-refractivity contribution >= 4 is 22.2 Å². The quantitative estimate of drug-likeness (QED) is 0.596. The van der Waals surface area contributed by atoms with Gasteiger partial charge in [-0.05, 0) is 48.9 Å². The minimum absolute atomic E-state index is 0.849. The smallest absolute Gasteiger partial charge is 0.118 e. The van der Waals surface area contributed by atoms with Crippen LogP contribution in [0.2, 0.25) is 0 Å². The Morgan fingerprint density at radius 2 is 1.83 bits per heavy atom. The number of methoxy groups -OCH3 is 1. The summed E-state index contributed by atoms with van der Waals surface area (Å²) in [5.41, 5.74) is 4.31. The largest absolute Gasteiger partial charge is 0.497 e. The number of ether oxygens (including phenoxy) is 1. The first-order valence-corrected chi connectivity index (χ1v) is 8.11. The monoisotopic (exact) mass is 321 g/mol. The fourth-order valence-electron chi connectivity index (χ4n) is 2.65. The molecule has 0 radical (unpaired) electrons. The molecular weight excluding hydrogens is 306 g/mol. The molecule has 0 aliphatic carbocycles. The summed E-state index contributed by atoms with van der Waals surface area (Å²) >= 11 is 1.71. The molecule has 4 rings (SSSR count). The number of aryl methyl sites for hydroxylation is 1. The van der Waals surface area contributed by atoms with E-state index in [-0.39, 0.29) is 0 Å². The van der Waals surface area contributed by atoms with Gasteiger partial charge in [-0.1, -0.05) is 6.07 Å². The predicted octanol–water partition coefficient (Wildman–Crippen LogP) is 4.67.